The van der Waals surface area contributed by atoms with Crippen molar-refractivity contribution >= 4 is 0 Å². The predicted octanol–water partition coefficient (Wildman–Crippen LogP) is 3.60. The van der Waals surface area contributed by atoms with Gasteiger partial charge in [-0.3, -0.25) is 0 Å². The molecule has 18 heavy (non-hydrogen) atoms. The molecule has 0 amide bonds. The first-order chi connectivity index (χ1) is 8.54. The molecule has 1 fully saturated rings. The van der Waals surface area contributed by atoms with E-state index in [1.807, 2.05) is 0 Å². The Morgan fingerprint density at radius 2 is 1.67 bits per heavy atom. The molecule has 1 aliphatic heterocycles. The Morgan fingerprint density at radius 3 is 2.22 bits per heavy atom. The van der Waals surface area contributed by atoms with E-state index in [2.05, 4.69) is 57.3 Å². The minimum absolute atomic E-state index is 0.372. The van der Waals surface area contributed by atoms with Crippen LogP contribution in [0.3, 0.4) is 0 Å². The minimum Gasteiger partial charge on any atom is -0.375 e. The molecule has 2 unspecified atom stereocenters. The molecule has 1 heterocycles. The maximum Gasteiger partial charge on any atom is 0.0565 e. The van der Waals surface area contributed by atoms with Crippen LogP contribution in [0, 0.1) is 6.92 Å². The van der Waals surface area contributed by atoms with Crippen molar-refractivity contribution in [2.24, 2.45) is 0 Å². The molecule has 0 bridgehead atoms. The fourth-order valence-corrected chi connectivity index (χ4v) is 2.85. The minimum atomic E-state index is 0.372. The molecule has 0 radical (unpaired) electrons. The summed E-state index contributed by atoms with van der Waals surface area (Å²) in [6.45, 7) is 8.71. The molecule has 1 saturated heterocycles. The van der Waals surface area contributed by atoms with Gasteiger partial charge in [-0.1, -0.05) is 29.8 Å². The van der Waals surface area contributed by atoms with Gasteiger partial charge < -0.3 is 10.1 Å². The lowest BCUT2D eigenvalue weighted by molar-refractivity contribution is -0.0433. The van der Waals surface area contributed by atoms with Crippen LogP contribution in [0.5, 0.6) is 0 Å². The summed E-state index contributed by atoms with van der Waals surface area (Å²) in [7, 11) is 0. The van der Waals surface area contributed by atoms with E-state index in [1.54, 1.807) is 0 Å². The van der Waals surface area contributed by atoms with Crippen molar-refractivity contribution in [2.75, 3.05) is 0 Å². The van der Waals surface area contributed by atoms with Gasteiger partial charge in [-0.2, -0.15) is 0 Å². The molecule has 1 aromatic rings. The molecule has 0 saturated carbocycles. The Labute approximate surface area is 111 Å². The number of aryl methyl sites for hydroxylation is 1. The molecule has 0 spiro atoms. The van der Waals surface area contributed by atoms with Crippen LogP contribution in [0.15, 0.2) is 24.3 Å². The van der Waals surface area contributed by atoms with E-state index in [4.69, 9.17) is 4.74 Å². The van der Waals surface area contributed by atoms with Gasteiger partial charge >= 0.3 is 0 Å². The summed E-state index contributed by atoms with van der Waals surface area (Å²) in [5.74, 6) is 0. The van der Waals surface area contributed by atoms with Crippen LogP contribution in [0.1, 0.15) is 50.8 Å². The highest BCUT2D eigenvalue weighted by atomic mass is 16.5. The first-order valence-electron chi connectivity index (χ1n) is 7.02. The van der Waals surface area contributed by atoms with Gasteiger partial charge in [0.15, 0.2) is 0 Å². The predicted molar refractivity (Wildman–Crippen MR) is 75.8 cm³/mol. The second-order valence-electron chi connectivity index (χ2n) is 5.72. The van der Waals surface area contributed by atoms with Crippen molar-refractivity contribution in [3.63, 3.8) is 0 Å². The van der Waals surface area contributed by atoms with Crippen LogP contribution in [0.2, 0.25) is 0 Å². The van der Waals surface area contributed by atoms with Gasteiger partial charge in [0.05, 0.1) is 12.2 Å². The van der Waals surface area contributed by atoms with Gasteiger partial charge in [0, 0.05) is 12.1 Å². The van der Waals surface area contributed by atoms with Crippen LogP contribution >= 0.6 is 0 Å². The highest BCUT2D eigenvalue weighted by molar-refractivity contribution is 5.23. The summed E-state index contributed by atoms with van der Waals surface area (Å²) in [4.78, 5) is 0. The van der Waals surface area contributed by atoms with Crippen LogP contribution in [0.25, 0.3) is 0 Å². The molecule has 2 nitrogen and oxygen atoms in total. The molecular weight excluding hydrogens is 222 g/mol. The van der Waals surface area contributed by atoms with E-state index in [0.717, 1.165) is 12.8 Å². The topological polar surface area (TPSA) is 21.3 Å². The first kappa shape index (κ1) is 13.6. The fourth-order valence-electron chi connectivity index (χ4n) is 2.85. The van der Waals surface area contributed by atoms with Crippen LogP contribution in [0.4, 0.5) is 0 Å². The van der Waals surface area contributed by atoms with Crippen LogP contribution in [-0.4, -0.2) is 18.2 Å². The van der Waals surface area contributed by atoms with Gasteiger partial charge in [0.25, 0.3) is 0 Å². The van der Waals surface area contributed by atoms with E-state index in [-0.39, 0.29) is 0 Å². The maximum absolute atomic E-state index is 5.78. The Hall–Kier alpha value is -0.860. The lowest BCUT2D eigenvalue weighted by atomic mass is 9.97. The van der Waals surface area contributed by atoms with E-state index in [0.29, 0.717) is 24.3 Å². The monoisotopic (exact) mass is 247 g/mol. The third-order valence-corrected chi connectivity index (χ3v) is 3.76. The Bertz CT molecular complexity index is 363. The Morgan fingerprint density at radius 1 is 1.11 bits per heavy atom. The summed E-state index contributed by atoms with van der Waals surface area (Å²) in [6.07, 6.45) is 2.97. The molecule has 100 valence electrons. The molecule has 2 heteroatoms. The number of ether oxygens (including phenoxy) is 1. The second-order valence-corrected chi connectivity index (χ2v) is 5.72. The summed E-state index contributed by atoms with van der Waals surface area (Å²) < 4.78 is 5.78. The van der Waals surface area contributed by atoms with Crippen molar-refractivity contribution in [1.29, 1.82) is 0 Å². The van der Waals surface area contributed by atoms with Gasteiger partial charge in [-0.15, -0.1) is 0 Å². The molecule has 2 rings (SSSR count). The average molecular weight is 247 g/mol. The molecule has 0 aromatic heterocycles. The largest absolute Gasteiger partial charge is 0.375 e. The fraction of sp³-hybridized carbons (Fsp3) is 0.625. The van der Waals surface area contributed by atoms with Crippen molar-refractivity contribution in [3.8, 4) is 0 Å². The quantitative estimate of drug-likeness (QED) is 0.881. The maximum atomic E-state index is 5.78. The van der Waals surface area contributed by atoms with E-state index in [1.165, 1.54) is 11.1 Å². The summed E-state index contributed by atoms with van der Waals surface area (Å²) in [5.41, 5.74) is 2.69. The normalized spacial score (nSPS) is 30.1. The SMILES string of the molecule is Cc1ccc([C@@H](C)NC2CC(C)OC(C)C2)cc1. The van der Waals surface area contributed by atoms with Gasteiger partial charge in [0.1, 0.15) is 0 Å². The number of benzene rings is 1. The lowest BCUT2D eigenvalue weighted by Crippen LogP contribution is -2.42. The van der Waals surface area contributed by atoms with E-state index in [9.17, 15) is 0 Å². The van der Waals surface area contributed by atoms with Crippen LogP contribution < -0.4 is 5.32 Å². The third-order valence-electron chi connectivity index (χ3n) is 3.76. The first-order valence-corrected chi connectivity index (χ1v) is 7.02. The number of rotatable bonds is 3. The zero-order valence-corrected chi connectivity index (χ0v) is 11.9. The zero-order valence-electron chi connectivity index (χ0n) is 11.9. The standard InChI is InChI=1S/C16H25NO/c1-11-5-7-15(8-6-11)14(4)17-16-9-12(2)18-13(3)10-16/h5-8,12-14,16-17H,9-10H2,1-4H3/t12?,13?,14-,16?/m1/s1. The van der Waals surface area contributed by atoms with Gasteiger partial charge in [0.2, 0.25) is 0 Å². The van der Waals surface area contributed by atoms with Crippen molar-refractivity contribution in [2.45, 2.75) is 64.8 Å². The molecule has 0 aliphatic carbocycles. The Balaban J connectivity index is 1.94. The lowest BCUT2D eigenvalue weighted by Gasteiger charge is -2.34. The molecule has 3 atom stereocenters. The summed E-state index contributed by atoms with van der Waals surface area (Å²) in [6, 6.07) is 9.79. The molecule has 1 aliphatic rings. The molecule has 1 N–H and O–H groups in total. The van der Waals surface area contributed by atoms with Crippen molar-refractivity contribution in [3.05, 3.63) is 35.4 Å². The summed E-state index contributed by atoms with van der Waals surface area (Å²) >= 11 is 0. The van der Waals surface area contributed by atoms with Gasteiger partial charge in [-0.05, 0) is 46.1 Å². The van der Waals surface area contributed by atoms with Crippen molar-refractivity contribution in [1.82, 2.24) is 5.32 Å². The molecule has 1 aromatic carbocycles. The van der Waals surface area contributed by atoms with Crippen LogP contribution in [-0.2, 0) is 4.74 Å². The third kappa shape index (κ3) is 3.56. The number of hydrogen-bond donors (Lipinski definition) is 1. The van der Waals surface area contributed by atoms with E-state index < -0.39 is 0 Å². The average Bonchev–Trinajstić information content (AvgIpc) is 2.28. The summed E-state index contributed by atoms with van der Waals surface area (Å²) in [5, 5.41) is 3.74. The second kappa shape index (κ2) is 5.85. The zero-order chi connectivity index (χ0) is 13.1. The molecular formula is C16H25NO. The number of hydrogen-bond acceptors (Lipinski definition) is 2. The highest BCUT2D eigenvalue weighted by Gasteiger charge is 2.25. The smallest absolute Gasteiger partial charge is 0.0565 e. The van der Waals surface area contributed by atoms with E-state index >= 15 is 0 Å². The van der Waals surface area contributed by atoms with Gasteiger partial charge in [-0.25, -0.2) is 0 Å². The Kier molecular flexibility index (Phi) is 4.41. The van der Waals surface area contributed by atoms with Crippen molar-refractivity contribution < 1.29 is 4.74 Å². The highest BCUT2D eigenvalue weighted by Crippen LogP contribution is 2.22. The number of nitrogens with one attached hydrogen (secondary N) is 1.